The van der Waals surface area contributed by atoms with Crippen molar-refractivity contribution in [3.8, 4) is 0 Å². The molecule has 0 aromatic heterocycles. The maximum Gasteiger partial charge on any atom is 0.255 e. The van der Waals surface area contributed by atoms with Crippen LogP contribution in [0.25, 0.3) is 0 Å². The Morgan fingerprint density at radius 3 is 2.67 bits per heavy atom. The lowest BCUT2D eigenvalue weighted by Crippen LogP contribution is -2.45. The second kappa shape index (κ2) is 6.15. The van der Waals surface area contributed by atoms with E-state index >= 15 is 0 Å². The van der Waals surface area contributed by atoms with Gasteiger partial charge in [0.25, 0.3) is 5.91 Å². The number of carbonyl (C=O) groups is 1. The van der Waals surface area contributed by atoms with Crippen LogP contribution in [0.2, 0.25) is 0 Å². The lowest BCUT2D eigenvalue weighted by molar-refractivity contribution is 0.0598. The molecule has 5 heteroatoms. The molecule has 1 fully saturated rings. The lowest BCUT2D eigenvalue weighted by atomic mass is 9.91. The molecule has 18 heavy (non-hydrogen) atoms. The van der Waals surface area contributed by atoms with Crippen molar-refractivity contribution in [2.75, 3.05) is 11.9 Å². The molecule has 0 N–H and O–H groups in total. The largest absolute Gasteiger partial charge is 0.335 e. The number of rotatable bonds is 4. The molecular weight excluding hydrogens is 365 g/mol. The Balaban J connectivity index is 2.21. The maximum absolute atomic E-state index is 13.0. The molecule has 0 bridgehead atoms. The summed E-state index contributed by atoms with van der Waals surface area (Å²) in [6.07, 6.45) is 3.32. The molecule has 0 radical (unpaired) electrons. The van der Waals surface area contributed by atoms with Gasteiger partial charge in [0.15, 0.2) is 0 Å². The van der Waals surface area contributed by atoms with E-state index in [9.17, 15) is 9.18 Å². The molecule has 2 nitrogen and oxygen atoms in total. The van der Waals surface area contributed by atoms with Gasteiger partial charge in [0.05, 0.1) is 5.56 Å². The zero-order valence-electron chi connectivity index (χ0n) is 9.83. The summed E-state index contributed by atoms with van der Waals surface area (Å²) in [5, 5.41) is 0.758. The molecule has 0 saturated heterocycles. The Morgan fingerprint density at radius 1 is 1.44 bits per heavy atom. The molecule has 98 valence electrons. The molecule has 0 aliphatic heterocycles. The summed E-state index contributed by atoms with van der Waals surface area (Å²) >= 11 is 6.63. The van der Waals surface area contributed by atoms with Crippen LogP contribution in [0.4, 0.5) is 4.39 Å². The van der Waals surface area contributed by atoms with E-state index < -0.39 is 0 Å². The second-order valence-corrected chi connectivity index (χ2v) is 6.04. The zero-order valence-corrected chi connectivity index (χ0v) is 13.0. The van der Waals surface area contributed by atoms with E-state index in [4.69, 9.17) is 0 Å². The summed E-state index contributed by atoms with van der Waals surface area (Å²) in [4.78, 5) is 14.3. The van der Waals surface area contributed by atoms with Gasteiger partial charge in [-0.1, -0.05) is 15.9 Å². The van der Waals surface area contributed by atoms with E-state index in [0.717, 1.165) is 18.2 Å². The van der Waals surface area contributed by atoms with Crippen molar-refractivity contribution in [1.29, 1.82) is 0 Å². The van der Waals surface area contributed by atoms with E-state index in [2.05, 4.69) is 31.9 Å². The van der Waals surface area contributed by atoms with Gasteiger partial charge in [0, 0.05) is 22.4 Å². The maximum atomic E-state index is 13.0. The minimum absolute atomic E-state index is 0.0222. The number of hydrogen-bond acceptors (Lipinski definition) is 1. The highest BCUT2D eigenvalue weighted by molar-refractivity contribution is 9.10. The van der Waals surface area contributed by atoms with E-state index in [1.165, 1.54) is 18.6 Å². The summed E-state index contributed by atoms with van der Waals surface area (Å²) < 4.78 is 13.6. The minimum Gasteiger partial charge on any atom is -0.335 e. The smallest absolute Gasteiger partial charge is 0.255 e. The van der Waals surface area contributed by atoms with Gasteiger partial charge in [-0.3, -0.25) is 4.79 Å². The number of carbonyl (C=O) groups excluding carboxylic acids is 1. The molecule has 1 aliphatic rings. The number of hydrogen-bond donors (Lipinski definition) is 0. The SMILES string of the molecule is O=C(c1ccc(F)cc1Br)N(CCBr)C1CCC1. The van der Waals surface area contributed by atoms with Gasteiger partial charge < -0.3 is 4.90 Å². The monoisotopic (exact) mass is 377 g/mol. The molecule has 1 aliphatic carbocycles. The molecule has 1 saturated carbocycles. The van der Waals surface area contributed by atoms with Crippen molar-refractivity contribution >= 4 is 37.8 Å². The number of alkyl halides is 1. The van der Waals surface area contributed by atoms with Crippen molar-refractivity contribution < 1.29 is 9.18 Å². The predicted molar refractivity (Wildman–Crippen MR) is 76.6 cm³/mol. The first-order chi connectivity index (χ1) is 8.63. The Bertz CT molecular complexity index is 449. The van der Waals surface area contributed by atoms with Crippen LogP contribution < -0.4 is 0 Å². The van der Waals surface area contributed by atoms with Crippen LogP contribution in [0, 0.1) is 5.82 Å². The highest BCUT2D eigenvalue weighted by atomic mass is 79.9. The van der Waals surface area contributed by atoms with Gasteiger partial charge in [-0.05, 0) is 53.4 Å². The summed E-state index contributed by atoms with van der Waals surface area (Å²) in [5.41, 5.74) is 0.532. The quantitative estimate of drug-likeness (QED) is 0.725. The third kappa shape index (κ3) is 2.94. The van der Waals surface area contributed by atoms with Gasteiger partial charge in [-0.15, -0.1) is 0 Å². The second-order valence-electron chi connectivity index (χ2n) is 4.40. The number of benzene rings is 1. The first-order valence-corrected chi connectivity index (χ1v) is 7.87. The van der Waals surface area contributed by atoms with E-state index in [0.29, 0.717) is 22.6 Å². The number of halogens is 3. The Morgan fingerprint density at radius 2 is 2.17 bits per heavy atom. The molecule has 0 unspecified atom stereocenters. The van der Waals surface area contributed by atoms with Crippen LogP contribution in [0.15, 0.2) is 22.7 Å². The fraction of sp³-hybridized carbons (Fsp3) is 0.462. The summed E-state index contributed by atoms with van der Waals surface area (Å²) in [6.45, 7) is 0.688. The number of amides is 1. The molecule has 0 spiro atoms. The van der Waals surface area contributed by atoms with Crippen LogP contribution >= 0.6 is 31.9 Å². The average molecular weight is 379 g/mol. The van der Waals surface area contributed by atoms with E-state index in [1.54, 1.807) is 6.07 Å². The van der Waals surface area contributed by atoms with Crippen molar-refractivity contribution in [3.63, 3.8) is 0 Å². The van der Waals surface area contributed by atoms with Crippen molar-refractivity contribution in [2.45, 2.75) is 25.3 Å². The Labute approximate surface area is 123 Å². The zero-order chi connectivity index (χ0) is 13.1. The number of nitrogens with zero attached hydrogens (tertiary/aromatic N) is 1. The van der Waals surface area contributed by atoms with Gasteiger partial charge in [0.1, 0.15) is 5.82 Å². The third-order valence-electron chi connectivity index (χ3n) is 3.26. The molecule has 2 rings (SSSR count). The van der Waals surface area contributed by atoms with Crippen LogP contribution in [-0.4, -0.2) is 28.7 Å². The standard InChI is InChI=1S/C13H14Br2FNO/c14-6-7-17(10-2-1-3-10)13(18)11-5-4-9(16)8-12(11)15/h4-5,8,10H,1-3,6-7H2. The lowest BCUT2D eigenvalue weighted by Gasteiger charge is -2.37. The van der Waals surface area contributed by atoms with Crippen LogP contribution in [-0.2, 0) is 0 Å². The van der Waals surface area contributed by atoms with Gasteiger partial charge in [-0.25, -0.2) is 4.39 Å². The molecular formula is C13H14Br2FNO. The molecule has 0 heterocycles. The van der Waals surface area contributed by atoms with Gasteiger partial charge in [0.2, 0.25) is 0 Å². The summed E-state index contributed by atoms with van der Waals surface area (Å²) in [7, 11) is 0. The minimum atomic E-state index is -0.339. The van der Waals surface area contributed by atoms with Crippen LogP contribution in [0.3, 0.4) is 0 Å². The summed E-state index contributed by atoms with van der Waals surface area (Å²) in [5.74, 6) is -0.361. The van der Waals surface area contributed by atoms with Gasteiger partial charge in [-0.2, -0.15) is 0 Å². The van der Waals surface area contributed by atoms with Gasteiger partial charge >= 0.3 is 0 Å². The first-order valence-electron chi connectivity index (χ1n) is 5.95. The Hall–Kier alpha value is -0.420. The summed E-state index contributed by atoms with van der Waals surface area (Å²) in [6, 6.07) is 4.54. The van der Waals surface area contributed by atoms with Crippen molar-refractivity contribution in [1.82, 2.24) is 4.90 Å². The topological polar surface area (TPSA) is 20.3 Å². The van der Waals surface area contributed by atoms with Crippen LogP contribution in [0.5, 0.6) is 0 Å². The van der Waals surface area contributed by atoms with Crippen LogP contribution in [0.1, 0.15) is 29.6 Å². The normalized spacial score (nSPS) is 15.3. The fourth-order valence-corrected chi connectivity index (χ4v) is 2.96. The Kier molecular flexibility index (Phi) is 4.78. The third-order valence-corrected chi connectivity index (χ3v) is 4.27. The predicted octanol–water partition coefficient (Wildman–Crippen LogP) is 3.98. The van der Waals surface area contributed by atoms with E-state index in [1.807, 2.05) is 4.90 Å². The molecule has 1 amide bonds. The van der Waals surface area contributed by atoms with Crippen molar-refractivity contribution in [2.24, 2.45) is 0 Å². The van der Waals surface area contributed by atoms with Crippen molar-refractivity contribution in [3.05, 3.63) is 34.1 Å². The molecule has 1 aromatic carbocycles. The highest BCUT2D eigenvalue weighted by Gasteiger charge is 2.29. The average Bonchev–Trinajstić information content (AvgIpc) is 2.25. The first kappa shape index (κ1) is 14.0. The van der Waals surface area contributed by atoms with E-state index in [-0.39, 0.29) is 11.7 Å². The molecule has 1 aromatic rings. The highest BCUT2D eigenvalue weighted by Crippen LogP contribution is 2.28. The molecule has 0 atom stereocenters. The fourth-order valence-electron chi connectivity index (χ4n) is 2.06.